The lowest BCUT2D eigenvalue weighted by Crippen LogP contribution is -1.96. The molecule has 0 saturated heterocycles. The van der Waals surface area contributed by atoms with Crippen molar-refractivity contribution < 1.29 is 9.90 Å². The van der Waals surface area contributed by atoms with E-state index in [0.29, 0.717) is 21.4 Å². The van der Waals surface area contributed by atoms with E-state index < -0.39 is 5.97 Å². The number of aromatic carboxylic acids is 1. The minimum Gasteiger partial charge on any atom is -0.476 e. The Labute approximate surface area is 130 Å². The first-order valence-electron chi connectivity index (χ1n) is 6.23. The summed E-state index contributed by atoms with van der Waals surface area (Å²) in [7, 11) is 0. The molecule has 0 fully saturated rings. The van der Waals surface area contributed by atoms with Gasteiger partial charge >= 0.3 is 5.97 Å². The molecule has 3 aromatic rings. The van der Waals surface area contributed by atoms with Crippen molar-refractivity contribution in [2.75, 3.05) is 0 Å². The van der Waals surface area contributed by atoms with E-state index >= 15 is 0 Å². The summed E-state index contributed by atoms with van der Waals surface area (Å²) in [6.45, 7) is 0. The molecule has 3 rings (SSSR count). The quantitative estimate of drug-likeness (QED) is 0.739. The van der Waals surface area contributed by atoms with Crippen LogP contribution in [0, 0.1) is 0 Å². The van der Waals surface area contributed by atoms with E-state index in [4.69, 9.17) is 11.6 Å². The summed E-state index contributed by atoms with van der Waals surface area (Å²) in [6.07, 6.45) is 1.82. The Morgan fingerprint density at radius 2 is 2.00 bits per heavy atom. The van der Waals surface area contributed by atoms with Crippen molar-refractivity contribution >= 4 is 34.8 Å². The zero-order valence-corrected chi connectivity index (χ0v) is 12.4. The number of thioether (sulfide) groups is 1. The maximum absolute atomic E-state index is 11.2. The average molecular weight is 319 g/mol. The first kappa shape index (κ1) is 14.0. The number of hydrogen-bond acceptors (Lipinski definition) is 3. The second-order valence-corrected chi connectivity index (χ2v) is 5.80. The van der Waals surface area contributed by atoms with Crippen molar-refractivity contribution in [3.8, 4) is 0 Å². The molecule has 0 atom stereocenters. The van der Waals surface area contributed by atoms with Crippen molar-refractivity contribution in [2.24, 2.45) is 0 Å². The molecule has 106 valence electrons. The Morgan fingerprint density at radius 3 is 2.71 bits per heavy atom. The van der Waals surface area contributed by atoms with Gasteiger partial charge in [-0.3, -0.25) is 4.40 Å². The first-order chi connectivity index (χ1) is 10.1. The zero-order valence-electron chi connectivity index (χ0n) is 10.9. The van der Waals surface area contributed by atoms with Crippen LogP contribution in [0.3, 0.4) is 0 Å². The number of nitrogens with zero attached hydrogens (tertiary/aromatic N) is 2. The number of imidazole rings is 1. The Balaban J connectivity index is 1.90. The fourth-order valence-electron chi connectivity index (χ4n) is 2.00. The normalized spacial score (nSPS) is 10.9. The minimum absolute atomic E-state index is 0.0780. The average Bonchev–Trinajstić information content (AvgIpc) is 2.86. The van der Waals surface area contributed by atoms with E-state index in [9.17, 15) is 9.90 Å². The number of hydrogen-bond donors (Lipinski definition) is 1. The smallest absolute Gasteiger partial charge is 0.356 e. The van der Waals surface area contributed by atoms with Crippen LogP contribution in [0.25, 0.3) is 5.52 Å². The van der Waals surface area contributed by atoms with Crippen molar-refractivity contribution in [3.63, 3.8) is 0 Å². The minimum atomic E-state index is -1.02. The third-order valence-electron chi connectivity index (χ3n) is 3.00. The predicted molar refractivity (Wildman–Crippen MR) is 83.2 cm³/mol. The van der Waals surface area contributed by atoms with E-state index in [1.54, 1.807) is 16.5 Å². The van der Waals surface area contributed by atoms with Gasteiger partial charge in [0.2, 0.25) is 0 Å². The largest absolute Gasteiger partial charge is 0.476 e. The van der Waals surface area contributed by atoms with E-state index in [1.807, 2.05) is 36.5 Å². The topological polar surface area (TPSA) is 54.6 Å². The van der Waals surface area contributed by atoms with Gasteiger partial charge in [0, 0.05) is 17.0 Å². The Hall–Kier alpha value is -1.98. The summed E-state index contributed by atoms with van der Waals surface area (Å²) in [5.74, 6) is -0.318. The molecule has 1 N–H and O–H groups in total. The van der Waals surface area contributed by atoms with E-state index in [-0.39, 0.29) is 5.69 Å². The first-order valence-corrected chi connectivity index (χ1v) is 7.59. The molecular weight excluding hydrogens is 308 g/mol. The third-order valence-corrected chi connectivity index (χ3v) is 4.28. The van der Waals surface area contributed by atoms with Crippen molar-refractivity contribution in [1.82, 2.24) is 9.38 Å². The Bertz CT molecular complexity index is 799. The molecule has 4 nitrogen and oxygen atoms in total. The van der Waals surface area contributed by atoms with Crippen LogP contribution in [-0.2, 0) is 5.75 Å². The summed E-state index contributed by atoms with van der Waals surface area (Å²) >= 11 is 7.35. The van der Waals surface area contributed by atoms with Gasteiger partial charge in [-0.1, -0.05) is 41.6 Å². The molecule has 2 heterocycles. The van der Waals surface area contributed by atoms with Crippen molar-refractivity contribution in [2.45, 2.75) is 10.9 Å². The highest BCUT2D eigenvalue weighted by Gasteiger charge is 2.16. The molecule has 0 spiro atoms. The van der Waals surface area contributed by atoms with Gasteiger partial charge in [0.15, 0.2) is 10.9 Å². The molecule has 0 bridgehead atoms. The molecular formula is C15H11ClN2O2S. The van der Waals surface area contributed by atoms with E-state index in [1.165, 1.54) is 11.8 Å². The lowest BCUT2D eigenvalue weighted by Gasteiger charge is -2.01. The van der Waals surface area contributed by atoms with Gasteiger partial charge in [0.25, 0.3) is 0 Å². The second-order valence-electron chi connectivity index (χ2n) is 4.42. The van der Waals surface area contributed by atoms with Gasteiger partial charge in [-0.2, -0.15) is 0 Å². The number of carbonyl (C=O) groups is 1. The fraction of sp³-hybridized carbons (Fsp3) is 0.0667. The van der Waals surface area contributed by atoms with Crippen LogP contribution in [-0.4, -0.2) is 20.5 Å². The lowest BCUT2D eigenvalue weighted by molar-refractivity contribution is 0.0693. The van der Waals surface area contributed by atoms with Crippen molar-refractivity contribution in [3.05, 3.63) is 64.9 Å². The molecule has 0 aliphatic carbocycles. The number of pyridine rings is 1. The number of rotatable bonds is 4. The molecule has 0 unspecified atom stereocenters. The van der Waals surface area contributed by atoms with E-state index in [0.717, 1.165) is 5.56 Å². The van der Waals surface area contributed by atoms with Crippen molar-refractivity contribution in [1.29, 1.82) is 0 Å². The summed E-state index contributed by atoms with van der Waals surface area (Å²) in [6, 6.07) is 13.0. The molecule has 2 aromatic heterocycles. The van der Waals surface area contributed by atoms with Crippen LogP contribution in [0.4, 0.5) is 0 Å². The third kappa shape index (κ3) is 2.89. The van der Waals surface area contributed by atoms with Gasteiger partial charge in [-0.25, -0.2) is 9.78 Å². The number of halogens is 1. The van der Waals surface area contributed by atoms with Crippen LogP contribution in [0.2, 0.25) is 5.02 Å². The highest BCUT2D eigenvalue weighted by Crippen LogP contribution is 2.25. The Morgan fingerprint density at radius 1 is 1.24 bits per heavy atom. The number of fused-ring (bicyclic) bond motifs is 1. The van der Waals surface area contributed by atoms with Crippen LogP contribution < -0.4 is 0 Å². The highest BCUT2D eigenvalue weighted by molar-refractivity contribution is 7.98. The molecule has 1 aromatic carbocycles. The predicted octanol–water partition coefficient (Wildman–Crippen LogP) is 3.98. The van der Waals surface area contributed by atoms with Crippen LogP contribution in [0.5, 0.6) is 0 Å². The van der Waals surface area contributed by atoms with Crippen LogP contribution in [0.1, 0.15) is 16.1 Å². The monoisotopic (exact) mass is 318 g/mol. The van der Waals surface area contributed by atoms with Gasteiger partial charge in [-0.05, 0) is 29.8 Å². The van der Waals surface area contributed by atoms with E-state index in [2.05, 4.69) is 4.98 Å². The van der Waals surface area contributed by atoms with Crippen LogP contribution >= 0.6 is 23.4 Å². The zero-order chi connectivity index (χ0) is 14.8. The molecule has 0 saturated carbocycles. The number of aromatic nitrogens is 2. The van der Waals surface area contributed by atoms with Gasteiger partial charge in [0.05, 0.1) is 5.52 Å². The fourth-order valence-corrected chi connectivity index (χ4v) is 3.07. The number of benzene rings is 1. The van der Waals surface area contributed by atoms with Crippen LogP contribution in [0.15, 0.2) is 53.8 Å². The molecule has 0 amide bonds. The molecule has 6 heteroatoms. The maximum Gasteiger partial charge on any atom is 0.356 e. The van der Waals surface area contributed by atoms with Gasteiger partial charge < -0.3 is 5.11 Å². The summed E-state index contributed by atoms with van der Waals surface area (Å²) < 4.78 is 1.80. The highest BCUT2D eigenvalue weighted by atomic mass is 35.5. The molecule has 0 aliphatic rings. The SMILES string of the molecule is O=C(O)c1nc(SCc2ccc(Cl)cc2)n2ccccc12. The second kappa shape index (κ2) is 5.79. The lowest BCUT2D eigenvalue weighted by atomic mass is 10.2. The Kier molecular flexibility index (Phi) is 3.86. The molecule has 0 radical (unpaired) electrons. The summed E-state index contributed by atoms with van der Waals surface area (Å²) in [5.41, 5.74) is 1.78. The van der Waals surface area contributed by atoms with Gasteiger partial charge in [0.1, 0.15) is 0 Å². The molecule has 21 heavy (non-hydrogen) atoms. The number of carboxylic acid groups (broad SMARTS) is 1. The maximum atomic E-state index is 11.2. The summed E-state index contributed by atoms with van der Waals surface area (Å²) in [5, 5.41) is 10.6. The summed E-state index contributed by atoms with van der Waals surface area (Å²) in [4.78, 5) is 15.5. The molecule has 0 aliphatic heterocycles. The van der Waals surface area contributed by atoms with Gasteiger partial charge in [-0.15, -0.1) is 0 Å². The number of carboxylic acids is 1. The standard InChI is InChI=1S/C15H11ClN2O2S/c16-11-6-4-10(5-7-11)9-21-15-17-13(14(19)20)12-3-1-2-8-18(12)15/h1-8H,9H2,(H,19,20).